The maximum absolute atomic E-state index is 12.7. The van der Waals surface area contributed by atoms with E-state index in [1.807, 2.05) is 66.5 Å². The summed E-state index contributed by atoms with van der Waals surface area (Å²) in [5.41, 5.74) is 3.51. The van der Waals surface area contributed by atoms with E-state index in [2.05, 4.69) is 9.97 Å². The van der Waals surface area contributed by atoms with Gasteiger partial charge < -0.3 is 9.80 Å². The normalized spacial score (nSPS) is 14.6. The van der Waals surface area contributed by atoms with Gasteiger partial charge in [0.25, 0.3) is 5.91 Å². The van der Waals surface area contributed by atoms with Crippen LogP contribution in [0.15, 0.2) is 54.9 Å². The summed E-state index contributed by atoms with van der Waals surface area (Å²) in [4.78, 5) is 30.1. The van der Waals surface area contributed by atoms with Gasteiger partial charge in [-0.3, -0.25) is 9.78 Å². The number of carbonyl (C=O) groups excluding carboxylic acids is 1. The third-order valence-electron chi connectivity index (χ3n) is 5.39. The second-order valence-electron chi connectivity index (χ2n) is 7.66. The van der Waals surface area contributed by atoms with Crippen LogP contribution in [-0.4, -0.2) is 52.9 Å². The summed E-state index contributed by atoms with van der Waals surface area (Å²) in [6, 6.07) is 13.2. The van der Waals surface area contributed by atoms with Crippen molar-refractivity contribution in [3.63, 3.8) is 0 Å². The van der Waals surface area contributed by atoms with Crippen LogP contribution in [0.2, 0.25) is 5.02 Å². The van der Waals surface area contributed by atoms with Crippen LogP contribution in [0.3, 0.4) is 0 Å². The predicted octanol–water partition coefficient (Wildman–Crippen LogP) is 4.28. The molecule has 154 valence electrons. The maximum Gasteiger partial charge on any atom is 0.272 e. The van der Waals surface area contributed by atoms with Gasteiger partial charge in [0.05, 0.1) is 5.69 Å². The van der Waals surface area contributed by atoms with Crippen LogP contribution in [0, 0.1) is 0 Å². The molecule has 0 saturated carbocycles. The van der Waals surface area contributed by atoms with Crippen LogP contribution >= 0.6 is 11.6 Å². The lowest BCUT2D eigenvalue weighted by atomic mass is 9.89. The van der Waals surface area contributed by atoms with E-state index in [1.165, 1.54) is 0 Å². The van der Waals surface area contributed by atoms with Crippen LogP contribution in [0.1, 0.15) is 34.9 Å². The number of anilines is 1. The molecule has 0 bridgehead atoms. The molecule has 3 heterocycles. The fraction of sp³-hybridized carbons (Fsp3) is 0.304. The number of hydrogen-bond acceptors (Lipinski definition) is 5. The Balaban J connectivity index is 1.59. The van der Waals surface area contributed by atoms with Crippen LogP contribution in [-0.2, 0) is 0 Å². The number of likely N-dealkylation sites (tertiary alicyclic amines) is 1. The molecular formula is C23H24ClN5O. The molecule has 6 nitrogen and oxygen atoms in total. The summed E-state index contributed by atoms with van der Waals surface area (Å²) >= 11 is 6.23. The summed E-state index contributed by atoms with van der Waals surface area (Å²) in [5, 5.41) is 0.686. The fourth-order valence-electron chi connectivity index (χ4n) is 3.80. The van der Waals surface area contributed by atoms with Gasteiger partial charge in [0.2, 0.25) is 5.95 Å². The highest BCUT2D eigenvalue weighted by Crippen LogP contribution is 2.35. The first-order chi connectivity index (χ1) is 14.5. The molecule has 1 aromatic carbocycles. The number of benzene rings is 1. The zero-order chi connectivity index (χ0) is 21.1. The Labute approximate surface area is 181 Å². The second-order valence-corrected chi connectivity index (χ2v) is 8.09. The van der Waals surface area contributed by atoms with Gasteiger partial charge >= 0.3 is 0 Å². The molecule has 1 aliphatic heterocycles. The van der Waals surface area contributed by atoms with Crippen LogP contribution in [0.4, 0.5) is 5.95 Å². The molecule has 0 unspecified atom stereocenters. The van der Waals surface area contributed by atoms with Crippen molar-refractivity contribution < 1.29 is 4.79 Å². The predicted molar refractivity (Wildman–Crippen MR) is 119 cm³/mol. The van der Waals surface area contributed by atoms with Crippen molar-refractivity contribution in [2.45, 2.75) is 18.8 Å². The Morgan fingerprint density at radius 2 is 1.90 bits per heavy atom. The van der Waals surface area contributed by atoms with Crippen molar-refractivity contribution in [3.05, 3.63) is 71.3 Å². The largest absolute Gasteiger partial charge is 0.347 e. The van der Waals surface area contributed by atoms with Crippen molar-refractivity contribution in [2.24, 2.45) is 0 Å². The SMILES string of the molecule is CN(C)c1ncc(-c2cccc(Cl)c2)c(C2CCN(C(=O)c3ccccn3)CC2)n1. The van der Waals surface area contributed by atoms with Gasteiger partial charge in [-0.2, -0.15) is 0 Å². The lowest BCUT2D eigenvalue weighted by Crippen LogP contribution is -2.38. The third kappa shape index (κ3) is 4.28. The summed E-state index contributed by atoms with van der Waals surface area (Å²) in [6.07, 6.45) is 5.22. The average molecular weight is 422 g/mol. The van der Waals surface area contributed by atoms with E-state index in [0.29, 0.717) is 29.8 Å². The molecule has 0 atom stereocenters. The molecule has 3 aromatic rings. The van der Waals surface area contributed by atoms with Gasteiger partial charge in [-0.25, -0.2) is 9.97 Å². The van der Waals surface area contributed by atoms with Crippen LogP contribution in [0.25, 0.3) is 11.1 Å². The minimum absolute atomic E-state index is 0.0132. The van der Waals surface area contributed by atoms with Crippen molar-refractivity contribution >= 4 is 23.5 Å². The second kappa shape index (κ2) is 8.79. The molecule has 1 amide bonds. The molecule has 1 saturated heterocycles. The number of halogens is 1. The number of rotatable bonds is 4. The quantitative estimate of drug-likeness (QED) is 0.629. The van der Waals surface area contributed by atoms with Gasteiger partial charge in [0.15, 0.2) is 0 Å². The first-order valence-electron chi connectivity index (χ1n) is 10.0. The number of pyridine rings is 1. The lowest BCUT2D eigenvalue weighted by molar-refractivity contribution is 0.0706. The van der Waals surface area contributed by atoms with Crippen molar-refractivity contribution in [1.29, 1.82) is 0 Å². The van der Waals surface area contributed by atoms with E-state index in [1.54, 1.807) is 12.3 Å². The summed E-state index contributed by atoms with van der Waals surface area (Å²) in [5.74, 6) is 0.914. The third-order valence-corrected chi connectivity index (χ3v) is 5.63. The topological polar surface area (TPSA) is 62.2 Å². The molecule has 1 fully saturated rings. The molecule has 7 heteroatoms. The Morgan fingerprint density at radius 3 is 2.57 bits per heavy atom. The summed E-state index contributed by atoms with van der Waals surface area (Å²) in [7, 11) is 3.87. The Morgan fingerprint density at radius 1 is 1.10 bits per heavy atom. The van der Waals surface area contributed by atoms with Gasteiger partial charge in [-0.05, 0) is 42.7 Å². The highest BCUT2D eigenvalue weighted by Gasteiger charge is 2.28. The minimum atomic E-state index is -0.0132. The summed E-state index contributed by atoms with van der Waals surface area (Å²) in [6.45, 7) is 1.35. The highest BCUT2D eigenvalue weighted by atomic mass is 35.5. The number of piperidine rings is 1. The molecule has 0 N–H and O–H groups in total. The molecule has 30 heavy (non-hydrogen) atoms. The van der Waals surface area contributed by atoms with Crippen molar-refractivity contribution in [3.8, 4) is 11.1 Å². The van der Waals surface area contributed by atoms with E-state index < -0.39 is 0 Å². The van der Waals surface area contributed by atoms with E-state index >= 15 is 0 Å². The van der Waals surface area contributed by atoms with Crippen LogP contribution < -0.4 is 4.90 Å². The molecule has 4 rings (SSSR count). The Kier molecular flexibility index (Phi) is 5.95. The van der Waals surface area contributed by atoms with Gasteiger partial charge in [0, 0.05) is 56.1 Å². The van der Waals surface area contributed by atoms with Crippen molar-refractivity contribution in [2.75, 3.05) is 32.1 Å². The summed E-state index contributed by atoms with van der Waals surface area (Å²) < 4.78 is 0. The number of amides is 1. The molecule has 0 spiro atoms. The monoisotopic (exact) mass is 421 g/mol. The molecule has 1 aliphatic rings. The van der Waals surface area contributed by atoms with E-state index in [4.69, 9.17) is 16.6 Å². The molecule has 0 aliphatic carbocycles. The number of nitrogens with zero attached hydrogens (tertiary/aromatic N) is 5. The van der Waals surface area contributed by atoms with E-state index in [9.17, 15) is 4.79 Å². The number of carbonyl (C=O) groups is 1. The average Bonchev–Trinajstić information content (AvgIpc) is 2.79. The van der Waals surface area contributed by atoms with Gasteiger partial charge in [-0.15, -0.1) is 0 Å². The smallest absolute Gasteiger partial charge is 0.272 e. The Hall–Kier alpha value is -2.99. The van der Waals surface area contributed by atoms with Crippen LogP contribution in [0.5, 0.6) is 0 Å². The zero-order valence-electron chi connectivity index (χ0n) is 17.1. The molecule has 0 radical (unpaired) electrons. The van der Waals surface area contributed by atoms with Crippen molar-refractivity contribution in [1.82, 2.24) is 19.9 Å². The minimum Gasteiger partial charge on any atom is -0.347 e. The first kappa shape index (κ1) is 20.3. The number of hydrogen-bond donors (Lipinski definition) is 0. The van der Waals surface area contributed by atoms with E-state index in [0.717, 1.165) is 29.7 Å². The van der Waals surface area contributed by atoms with Gasteiger partial charge in [0.1, 0.15) is 5.69 Å². The number of aromatic nitrogens is 3. The maximum atomic E-state index is 12.7. The standard InChI is InChI=1S/C23H24ClN5O/c1-28(2)23-26-15-19(17-6-5-7-18(24)14-17)21(27-23)16-9-12-29(13-10-16)22(30)20-8-3-4-11-25-20/h3-8,11,14-16H,9-10,12-13H2,1-2H3. The fourth-order valence-corrected chi connectivity index (χ4v) is 3.99. The molecular weight excluding hydrogens is 398 g/mol. The molecule has 2 aromatic heterocycles. The highest BCUT2D eigenvalue weighted by molar-refractivity contribution is 6.30. The van der Waals surface area contributed by atoms with E-state index in [-0.39, 0.29) is 11.8 Å². The lowest BCUT2D eigenvalue weighted by Gasteiger charge is -2.32. The first-order valence-corrected chi connectivity index (χ1v) is 10.4. The van der Waals surface area contributed by atoms with Gasteiger partial charge in [-0.1, -0.05) is 29.8 Å². The Bertz CT molecular complexity index is 1030. The zero-order valence-corrected chi connectivity index (χ0v) is 17.9.